The molecule has 1 N–H and O–H groups in total. The van der Waals surface area contributed by atoms with Crippen LogP contribution >= 0.6 is 0 Å². The topological polar surface area (TPSA) is 47.7 Å². The highest BCUT2D eigenvalue weighted by atomic mass is 15.3. The van der Waals surface area contributed by atoms with Crippen LogP contribution in [-0.2, 0) is 13.6 Å². The van der Waals surface area contributed by atoms with Gasteiger partial charge in [0.2, 0.25) is 0 Å². The lowest BCUT2D eigenvalue weighted by atomic mass is 10.1. The first-order chi connectivity index (χ1) is 14.0. The molecule has 1 atom stereocenters. The van der Waals surface area contributed by atoms with Crippen molar-refractivity contribution in [2.45, 2.75) is 33.4 Å². The molecule has 4 rings (SSSR count). The van der Waals surface area contributed by atoms with Gasteiger partial charge in [-0.3, -0.25) is 4.68 Å². The second-order valence-electron chi connectivity index (χ2n) is 7.70. The summed E-state index contributed by atoms with van der Waals surface area (Å²) in [5.41, 5.74) is 8.04. The Kier molecular flexibility index (Phi) is 5.32. The minimum atomic E-state index is 0.205. The molecular formula is C24H27N5. The van der Waals surface area contributed by atoms with E-state index in [0.29, 0.717) is 0 Å². The monoisotopic (exact) mass is 385 g/mol. The maximum Gasteiger partial charge on any atom is 0.0972 e. The molecule has 0 aliphatic carbocycles. The van der Waals surface area contributed by atoms with E-state index in [2.05, 4.69) is 92.1 Å². The molecule has 2 heterocycles. The van der Waals surface area contributed by atoms with Crippen molar-refractivity contribution in [3.05, 3.63) is 89.4 Å². The van der Waals surface area contributed by atoms with E-state index in [9.17, 15) is 0 Å². The number of nitrogens with zero attached hydrogens (tertiary/aromatic N) is 4. The molecule has 2 aromatic carbocycles. The average molecular weight is 386 g/mol. The molecule has 5 heteroatoms. The minimum Gasteiger partial charge on any atom is -0.306 e. The normalized spacial score (nSPS) is 12.3. The smallest absolute Gasteiger partial charge is 0.0972 e. The largest absolute Gasteiger partial charge is 0.306 e. The third-order valence-electron chi connectivity index (χ3n) is 5.20. The van der Waals surface area contributed by atoms with Crippen molar-refractivity contribution < 1.29 is 0 Å². The van der Waals surface area contributed by atoms with Gasteiger partial charge >= 0.3 is 0 Å². The summed E-state index contributed by atoms with van der Waals surface area (Å²) in [7, 11) is 1.94. The van der Waals surface area contributed by atoms with Gasteiger partial charge in [0.25, 0.3) is 0 Å². The lowest BCUT2D eigenvalue weighted by Gasteiger charge is -2.12. The van der Waals surface area contributed by atoms with Crippen molar-refractivity contribution in [3.63, 3.8) is 0 Å². The standard InChI is InChI=1S/C24H27N5/c1-17-8-10-23(11-9-17)29-16-22(13-25-19(3)21-14-26-28(4)15-21)24(27-29)20-7-5-6-18(2)12-20/h5-12,14-16,19,25H,13H2,1-4H3/t19-/m1/s1. The van der Waals surface area contributed by atoms with E-state index in [1.165, 1.54) is 22.3 Å². The van der Waals surface area contributed by atoms with E-state index < -0.39 is 0 Å². The van der Waals surface area contributed by atoms with Gasteiger partial charge < -0.3 is 5.32 Å². The average Bonchev–Trinajstić information content (AvgIpc) is 3.33. The number of aromatic nitrogens is 4. The maximum absolute atomic E-state index is 4.94. The molecular weight excluding hydrogens is 358 g/mol. The third-order valence-corrected chi connectivity index (χ3v) is 5.20. The van der Waals surface area contributed by atoms with Gasteiger partial charge in [0.05, 0.1) is 17.6 Å². The zero-order valence-corrected chi connectivity index (χ0v) is 17.4. The van der Waals surface area contributed by atoms with Gasteiger partial charge in [-0.2, -0.15) is 10.2 Å². The van der Waals surface area contributed by atoms with Crippen LogP contribution in [0.15, 0.2) is 67.1 Å². The lowest BCUT2D eigenvalue weighted by Crippen LogP contribution is -2.17. The first-order valence-electron chi connectivity index (χ1n) is 9.94. The van der Waals surface area contributed by atoms with Crippen LogP contribution in [0.2, 0.25) is 0 Å². The molecule has 0 amide bonds. The molecule has 0 bridgehead atoms. The fraction of sp³-hybridized carbons (Fsp3) is 0.250. The fourth-order valence-corrected chi connectivity index (χ4v) is 3.45. The van der Waals surface area contributed by atoms with Crippen LogP contribution in [0.1, 0.15) is 35.2 Å². The van der Waals surface area contributed by atoms with Gasteiger partial charge in [-0.1, -0.05) is 41.5 Å². The summed E-state index contributed by atoms with van der Waals surface area (Å²) in [5.74, 6) is 0. The molecule has 0 saturated heterocycles. The van der Waals surface area contributed by atoms with Crippen LogP contribution in [0.5, 0.6) is 0 Å². The van der Waals surface area contributed by atoms with E-state index >= 15 is 0 Å². The second kappa shape index (κ2) is 8.05. The van der Waals surface area contributed by atoms with Gasteiger partial charge in [0.1, 0.15) is 0 Å². The summed E-state index contributed by atoms with van der Waals surface area (Å²) >= 11 is 0. The molecule has 5 nitrogen and oxygen atoms in total. The summed E-state index contributed by atoms with van der Waals surface area (Å²) in [6.45, 7) is 7.10. The Balaban J connectivity index is 1.66. The van der Waals surface area contributed by atoms with Crippen LogP contribution in [-0.4, -0.2) is 19.6 Å². The third kappa shape index (κ3) is 4.30. The zero-order valence-electron chi connectivity index (χ0n) is 17.4. The maximum atomic E-state index is 4.94. The molecule has 0 aliphatic heterocycles. The van der Waals surface area contributed by atoms with Crippen LogP contribution in [0, 0.1) is 13.8 Å². The Labute approximate surface area is 172 Å². The highest BCUT2D eigenvalue weighted by Crippen LogP contribution is 2.25. The summed E-state index contributed by atoms with van der Waals surface area (Å²) < 4.78 is 3.81. The van der Waals surface area contributed by atoms with Gasteiger partial charge in [0.15, 0.2) is 0 Å². The Morgan fingerprint density at radius 3 is 2.48 bits per heavy atom. The molecule has 0 unspecified atom stereocenters. The Morgan fingerprint density at radius 1 is 1.00 bits per heavy atom. The Bertz CT molecular complexity index is 1100. The Morgan fingerprint density at radius 2 is 1.79 bits per heavy atom. The van der Waals surface area contributed by atoms with Crippen molar-refractivity contribution in [3.8, 4) is 16.9 Å². The van der Waals surface area contributed by atoms with Crippen molar-refractivity contribution >= 4 is 0 Å². The number of aryl methyl sites for hydroxylation is 3. The molecule has 0 aliphatic rings. The quantitative estimate of drug-likeness (QED) is 0.521. The number of benzene rings is 2. The van der Waals surface area contributed by atoms with Crippen molar-refractivity contribution in [2.24, 2.45) is 7.05 Å². The minimum absolute atomic E-state index is 0.205. The van der Waals surface area contributed by atoms with E-state index in [0.717, 1.165) is 23.5 Å². The zero-order chi connectivity index (χ0) is 20.4. The predicted octanol–water partition coefficient (Wildman–Crippen LogP) is 4.74. The molecule has 0 radical (unpaired) electrons. The van der Waals surface area contributed by atoms with E-state index in [4.69, 9.17) is 5.10 Å². The summed E-state index contributed by atoms with van der Waals surface area (Å²) in [6.07, 6.45) is 6.09. The molecule has 148 valence electrons. The summed E-state index contributed by atoms with van der Waals surface area (Å²) in [6, 6.07) is 17.2. The highest BCUT2D eigenvalue weighted by Gasteiger charge is 2.14. The summed E-state index contributed by atoms with van der Waals surface area (Å²) in [4.78, 5) is 0. The lowest BCUT2D eigenvalue weighted by molar-refractivity contribution is 0.574. The van der Waals surface area contributed by atoms with E-state index in [-0.39, 0.29) is 6.04 Å². The van der Waals surface area contributed by atoms with Crippen molar-refractivity contribution in [1.29, 1.82) is 0 Å². The molecule has 0 saturated carbocycles. The first kappa shape index (κ1) is 19.2. The number of rotatable bonds is 6. The van der Waals surface area contributed by atoms with Crippen LogP contribution in [0.3, 0.4) is 0 Å². The molecule has 2 aromatic heterocycles. The first-order valence-corrected chi connectivity index (χ1v) is 9.94. The highest BCUT2D eigenvalue weighted by molar-refractivity contribution is 5.64. The molecule has 0 spiro atoms. The summed E-state index contributed by atoms with van der Waals surface area (Å²) in [5, 5.41) is 12.8. The molecule has 0 fully saturated rings. The predicted molar refractivity (Wildman–Crippen MR) is 117 cm³/mol. The van der Waals surface area contributed by atoms with Gasteiger partial charge in [-0.25, -0.2) is 4.68 Å². The number of nitrogens with one attached hydrogen (secondary N) is 1. The van der Waals surface area contributed by atoms with E-state index in [1.54, 1.807) is 0 Å². The fourth-order valence-electron chi connectivity index (χ4n) is 3.45. The van der Waals surface area contributed by atoms with Gasteiger partial charge in [0, 0.05) is 48.7 Å². The van der Waals surface area contributed by atoms with Crippen LogP contribution in [0.25, 0.3) is 16.9 Å². The molecule has 29 heavy (non-hydrogen) atoms. The number of hydrogen-bond acceptors (Lipinski definition) is 3. The SMILES string of the molecule is Cc1ccc(-n2cc(CN[C@H](C)c3cnn(C)c3)c(-c3cccc(C)c3)n2)cc1. The van der Waals surface area contributed by atoms with Gasteiger partial charge in [-0.05, 0) is 39.0 Å². The van der Waals surface area contributed by atoms with E-state index in [1.807, 2.05) is 22.6 Å². The van der Waals surface area contributed by atoms with Gasteiger partial charge in [-0.15, -0.1) is 0 Å². The molecule has 4 aromatic rings. The van der Waals surface area contributed by atoms with Crippen LogP contribution < -0.4 is 5.32 Å². The van der Waals surface area contributed by atoms with Crippen molar-refractivity contribution in [1.82, 2.24) is 24.9 Å². The van der Waals surface area contributed by atoms with Crippen LogP contribution in [0.4, 0.5) is 0 Å². The van der Waals surface area contributed by atoms with Crippen molar-refractivity contribution in [2.75, 3.05) is 0 Å². The number of hydrogen-bond donors (Lipinski definition) is 1. The Hall–Kier alpha value is -3.18. The second-order valence-corrected chi connectivity index (χ2v) is 7.70.